The summed E-state index contributed by atoms with van der Waals surface area (Å²) in [6, 6.07) is 3.32. The summed E-state index contributed by atoms with van der Waals surface area (Å²) in [5.74, 6) is 0. The number of sulfonamides is 1. The molecule has 2 N–H and O–H groups in total. The molecule has 1 saturated heterocycles. The lowest BCUT2D eigenvalue weighted by Gasteiger charge is -2.11. The second-order valence-corrected chi connectivity index (χ2v) is 5.87. The molecule has 0 unspecified atom stereocenters. The number of hydrogen-bond donors (Lipinski definition) is 2. The van der Waals surface area contributed by atoms with E-state index in [4.69, 9.17) is 0 Å². The van der Waals surface area contributed by atoms with E-state index < -0.39 is 10.0 Å². The highest BCUT2D eigenvalue weighted by molar-refractivity contribution is 7.89. The van der Waals surface area contributed by atoms with Crippen molar-refractivity contribution in [2.75, 3.05) is 13.1 Å². The first kappa shape index (κ1) is 12.4. The van der Waals surface area contributed by atoms with Crippen LogP contribution in [0.3, 0.4) is 0 Å². The summed E-state index contributed by atoms with van der Waals surface area (Å²) in [6.07, 6.45) is 2.10. The Bertz CT molecular complexity index is 466. The fourth-order valence-corrected chi connectivity index (χ4v) is 2.71. The highest BCUT2D eigenvalue weighted by atomic mass is 32.2. The average molecular weight is 256 g/mol. The fraction of sp³-hybridized carbons (Fsp3) is 0.600. The second kappa shape index (κ2) is 5.07. The van der Waals surface area contributed by atoms with E-state index in [1.54, 1.807) is 13.0 Å². The van der Waals surface area contributed by atoms with E-state index in [-0.39, 0.29) is 11.1 Å². The van der Waals surface area contributed by atoms with Crippen LogP contribution in [0.4, 0.5) is 0 Å². The Balaban J connectivity index is 2.00. The average Bonchev–Trinajstić information content (AvgIpc) is 2.80. The number of nitrogens with zero attached hydrogens (tertiary/aromatic N) is 2. The molecule has 1 aliphatic heterocycles. The molecule has 2 heterocycles. The molecule has 0 radical (unpaired) electrons. The molecule has 1 atom stereocenters. The summed E-state index contributed by atoms with van der Waals surface area (Å²) >= 11 is 0. The Morgan fingerprint density at radius 3 is 2.88 bits per heavy atom. The van der Waals surface area contributed by atoms with Crippen LogP contribution < -0.4 is 10.0 Å². The van der Waals surface area contributed by atoms with Crippen molar-refractivity contribution in [1.82, 2.24) is 20.2 Å². The van der Waals surface area contributed by atoms with Crippen molar-refractivity contribution >= 4 is 10.0 Å². The second-order valence-electron chi connectivity index (χ2n) is 4.16. The van der Waals surface area contributed by atoms with Crippen molar-refractivity contribution in [2.45, 2.75) is 30.8 Å². The van der Waals surface area contributed by atoms with Gasteiger partial charge >= 0.3 is 0 Å². The van der Waals surface area contributed by atoms with Gasteiger partial charge in [-0.2, -0.15) is 5.10 Å². The van der Waals surface area contributed by atoms with E-state index in [9.17, 15) is 8.42 Å². The zero-order valence-corrected chi connectivity index (χ0v) is 10.5. The van der Waals surface area contributed by atoms with Crippen LogP contribution in [0.2, 0.25) is 0 Å². The molecular formula is C10H16N4O2S. The third-order valence-corrected chi connectivity index (χ3v) is 4.05. The number of rotatable bonds is 4. The first-order valence-electron chi connectivity index (χ1n) is 5.61. The van der Waals surface area contributed by atoms with Crippen LogP contribution in [0.5, 0.6) is 0 Å². The molecule has 94 valence electrons. The van der Waals surface area contributed by atoms with Gasteiger partial charge in [-0.15, -0.1) is 5.10 Å². The first-order valence-corrected chi connectivity index (χ1v) is 7.09. The number of aromatic nitrogens is 2. The summed E-state index contributed by atoms with van der Waals surface area (Å²) in [5, 5.41) is 10.6. The van der Waals surface area contributed by atoms with Gasteiger partial charge in [-0.05, 0) is 38.4 Å². The molecule has 1 aliphatic rings. The molecule has 0 saturated carbocycles. The van der Waals surface area contributed by atoms with Gasteiger partial charge in [0.15, 0.2) is 5.03 Å². The lowest BCUT2D eigenvalue weighted by Crippen LogP contribution is -2.37. The molecule has 17 heavy (non-hydrogen) atoms. The maximum absolute atomic E-state index is 11.9. The van der Waals surface area contributed by atoms with E-state index in [1.165, 1.54) is 6.07 Å². The smallest absolute Gasteiger partial charge is 0.259 e. The van der Waals surface area contributed by atoms with Crippen molar-refractivity contribution < 1.29 is 8.42 Å². The molecular weight excluding hydrogens is 240 g/mol. The number of nitrogens with one attached hydrogen (secondary N) is 2. The normalized spacial score (nSPS) is 20.6. The molecule has 7 heteroatoms. The maximum Gasteiger partial charge on any atom is 0.259 e. The third kappa shape index (κ3) is 3.21. The third-order valence-electron chi connectivity index (χ3n) is 2.73. The fourth-order valence-electron chi connectivity index (χ4n) is 1.75. The minimum atomic E-state index is -3.53. The zero-order chi connectivity index (χ0) is 12.3. The van der Waals surface area contributed by atoms with Crippen molar-refractivity contribution in [2.24, 2.45) is 0 Å². The minimum Gasteiger partial charge on any atom is -0.313 e. The predicted octanol–water partition coefficient (Wildman–Crippen LogP) is -0.185. The maximum atomic E-state index is 11.9. The Morgan fingerprint density at radius 1 is 1.47 bits per heavy atom. The molecule has 6 nitrogen and oxygen atoms in total. The molecule has 0 aliphatic carbocycles. The Kier molecular flexibility index (Phi) is 3.70. The van der Waals surface area contributed by atoms with Gasteiger partial charge in [-0.1, -0.05) is 0 Å². The van der Waals surface area contributed by atoms with Crippen LogP contribution >= 0.6 is 0 Å². The van der Waals surface area contributed by atoms with E-state index >= 15 is 0 Å². The lowest BCUT2D eigenvalue weighted by molar-refractivity contribution is 0.547. The van der Waals surface area contributed by atoms with Gasteiger partial charge in [0.05, 0.1) is 5.69 Å². The van der Waals surface area contributed by atoms with Gasteiger partial charge in [0.1, 0.15) is 0 Å². The van der Waals surface area contributed by atoms with E-state index in [2.05, 4.69) is 20.2 Å². The predicted molar refractivity (Wildman–Crippen MR) is 63.0 cm³/mol. The van der Waals surface area contributed by atoms with Crippen molar-refractivity contribution in [3.05, 3.63) is 17.8 Å². The van der Waals surface area contributed by atoms with Gasteiger partial charge in [-0.25, -0.2) is 13.1 Å². The zero-order valence-electron chi connectivity index (χ0n) is 9.68. The van der Waals surface area contributed by atoms with E-state index in [1.807, 2.05) is 0 Å². The lowest BCUT2D eigenvalue weighted by atomic mass is 10.2. The van der Waals surface area contributed by atoms with Gasteiger partial charge in [0.2, 0.25) is 0 Å². The highest BCUT2D eigenvalue weighted by Gasteiger charge is 2.20. The molecule has 1 fully saturated rings. The topological polar surface area (TPSA) is 84.0 Å². The van der Waals surface area contributed by atoms with Gasteiger partial charge in [-0.3, -0.25) is 0 Å². The van der Waals surface area contributed by atoms with Gasteiger partial charge < -0.3 is 5.32 Å². The Morgan fingerprint density at radius 2 is 2.29 bits per heavy atom. The van der Waals surface area contributed by atoms with Gasteiger partial charge in [0.25, 0.3) is 10.0 Å². The molecule has 0 aromatic carbocycles. The number of hydrogen-bond acceptors (Lipinski definition) is 5. The van der Waals surface area contributed by atoms with E-state index in [0.29, 0.717) is 12.2 Å². The van der Waals surface area contributed by atoms with Crippen LogP contribution in [0.25, 0.3) is 0 Å². The highest BCUT2D eigenvalue weighted by Crippen LogP contribution is 2.07. The molecule has 0 spiro atoms. The van der Waals surface area contributed by atoms with Crippen LogP contribution in [0.1, 0.15) is 18.5 Å². The van der Waals surface area contributed by atoms with Gasteiger partial charge in [0, 0.05) is 12.6 Å². The Hall–Kier alpha value is -1.05. The Labute approximate surface area is 101 Å². The standard InChI is InChI=1S/C10H16N4O2S/c1-8-4-5-10(14-13-8)17(15,16)12-7-9-3-2-6-11-9/h4-5,9,11-12H,2-3,6-7H2,1H3/t9-/m0/s1. The van der Waals surface area contributed by atoms with Crippen molar-refractivity contribution in [1.29, 1.82) is 0 Å². The van der Waals surface area contributed by atoms with Crippen LogP contribution in [-0.2, 0) is 10.0 Å². The molecule has 2 rings (SSSR count). The molecule has 1 aromatic rings. The summed E-state index contributed by atoms with van der Waals surface area (Å²) in [5.41, 5.74) is 0.696. The number of aryl methyl sites for hydroxylation is 1. The molecule has 0 bridgehead atoms. The van der Waals surface area contributed by atoms with Crippen LogP contribution in [0, 0.1) is 6.92 Å². The minimum absolute atomic E-state index is 0.0268. The quantitative estimate of drug-likeness (QED) is 0.780. The van der Waals surface area contributed by atoms with Crippen molar-refractivity contribution in [3.8, 4) is 0 Å². The monoisotopic (exact) mass is 256 g/mol. The first-order chi connectivity index (χ1) is 8.08. The van der Waals surface area contributed by atoms with Crippen LogP contribution in [0.15, 0.2) is 17.2 Å². The SMILES string of the molecule is Cc1ccc(S(=O)(=O)NC[C@@H]2CCCN2)nn1. The summed E-state index contributed by atoms with van der Waals surface area (Å²) in [4.78, 5) is 0. The molecule has 0 amide bonds. The summed E-state index contributed by atoms with van der Waals surface area (Å²) in [6.45, 7) is 3.12. The molecule has 1 aromatic heterocycles. The summed E-state index contributed by atoms with van der Waals surface area (Å²) < 4.78 is 26.3. The van der Waals surface area contributed by atoms with E-state index in [0.717, 1.165) is 19.4 Å². The van der Waals surface area contributed by atoms with Crippen LogP contribution in [-0.4, -0.2) is 37.7 Å². The largest absolute Gasteiger partial charge is 0.313 e. The van der Waals surface area contributed by atoms with Crippen molar-refractivity contribution in [3.63, 3.8) is 0 Å². The summed E-state index contributed by atoms with van der Waals surface area (Å²) in [7, 11) is -3.53.